The molecule has 0 amide bonds. The first kappa shape index (κ1) is 22.8. The maximum atomic E-state index is 4.73. The van der Waals surface area contributed by atoms with E-state index in [1.54, 1.807) is 11.5 Å². The molecule has 1 aliphatic heterocycles. The molecular weight excluding hydrogens is 498 g/mol. The summed E-state index contributed by atoms with van der Waals surface area (Å²) in [5, 5.41) is 6.90. The predicted molar refractivity (Wildman–Crippen MR) is 158 cm³/mol. The van der Waals surface area contributed by atoms with Crippen molar-refractivity contribution in [2.75, 3.05) is 0 Å². The van der Waals surface area contributed by atoms with Crippen molar-refractivity contribution in [3.63, 3.8) is 0 Å². The third-order valence-electron chi connectivity index (χ3n) is 8.48. The van der Waals surface area contributed by atoms with E-state index >= 15 is 0 Å². The highest BCUT2D eigenvalue weighted by molar-refractivity contribution is 7.04. The van der Waals surface area contributed by atoms with E-state index in [2.05, 4.69) is 110 Å². The maximum absolute atomic E-state index is 4.73. The van der Waals surface area contributed by atoms with E-state index in [0.717, 1.165) is 37.8 Å². The highest BCUT2D eigenvalue weighted by Gasteiger charge is 2.24. The van der Waals surface area contributed by atoms with Crippen LogP contribution in [0.2, 0.25) is 0 Å². The van der Waals surface area contributed by atoms with Gasteiger partial charge in [0, 0.05) is 63.8 Å². The molecule has 0 spiro atoms. The Bertz CT molecular complexity index is 1830. The zero-order chi connectivity index (χ0) is 25.9. The van der Waals surface area contributed by atoms with E-state index in [1.807, 2.05) is 6.20 Å². The highest BCUT2D eigenvalue weighted by Crippen LogP contribution is 2.40. The Balaban J connectivity index is 1.19. The van der Waals surface area contributed by atoms with Crippen molar-refractivity contribution in [1.82, 2.24) is 23.3 Å². The lowest BCUT2D eigenvalue weighted by Crippen LogP contribution is -2.08. The average Bonchev–Trinajstić information content (AvgIpc) is 3.76. The number of hydrogen-bond donors (Lipinski definition) is 0. The molecule has 6 aromatic rings. The Labute approximate surface area is 232 Å². The molecule has 0 radical (unpaired) electrons. The van der Waals surface area contributed by atoms with Crippen LogP contribution in [0.15, 0.2) is 90.7 Å². The van der Waals surface area contributed by atoms with Crippen molar-refractivity contribution in [2.45, 2.75) is 44.9 Å². The lowest BCUT2D eigenvalue weighted by molar-refractivity contribution is 0.663. The first-order valence-electron chi connectivity index (χ1n) is 13.8. The van der Waals surface area contributed by atoms with E-state index < -0.39 is 0 Å². The molecule has 1 aliphatic carbocycles. The normalized spacial score (nSPS) is 16.1. The van der Waals surface area contributed by atoms with Gasteiger partial charge >= 0.3 is 0 Å². The molecule has 6 heteroatoms. The first-order valence-corrected chi connectivity index (χ1v) is 14.7. The van der Waals surface area contributed by atoms with Crippen LogP contribution in [0.1, 0.15) is 48.3 Å². The smallest absolute Gasteiger partial charge is 0.142 e. The van der Waals surface area contributed by atoms with Gasteiger partial charge in [0.25, 0.3) is 0 Å². The van der Waals surface area contributed by atoms with Gasteiger partial charge in [0.15, 0.2) is 0 Å². The van der Waals surface area contributed by atoms with E-state index in [-0.39, 0.29) is 0 Å². The van der Waals surface area contributed by atoms with Crippen LogP contribution in [0, 0.1) is 0 Å². The van der Waals surface area contributed by atoms with Crippen LogP contribution in [0.4, 0.5) is 0 Å². The van der Waals surface area contributed by atoms with E-state index in [0.29, 0.717) is 5.92 Å². The second kappa shape index (κ2) is 8.95. The van der Waals surface area contributed by atoms with Gasteiger partial charge in [0.1, 0.15) is 5.82 Å². The number of aromatic nitrogens is 5. The summed E-state index contributed by atoms with van der Waals surface area (Å²) in [6.07, 6.45) is 11.8. The molecular formula is C33H29N5S. The molecule has 5 heterocycles. The lowest BCUT2D eigenvalue weighted by atomic mass is 10.0. The molecule has 2 aliphatic rings. The zero-order valence-electron chi connectivity index (χ0n) is 21.9. The second-order valence-electron chi connectivity index (χ2n) is 10.8. The minimum absolute atomic E-state index is 0.489. The van der Waals surface area contributed by atoms with Gasteiger partial charge in [-0.15, -0.1) is 0 Å². The molecule has 0 fully saturated rings. The molecule has 0 saturated heterocycles. The molecule has 2 aromatic carbocycles. The highest BCUT2D eigenvalue weighted by atomic mass is 32.1. The third kappa shape index (κ3) is 3.66. The molecule has 0 saturated carbocycles. The van der Waals surface area contributed by atoms with Crippen molar-refractivity contribution >= 4 is 11.5 Å². The van der Waals surface area contributed by atoms with Crippen LogP contribution in [-0.4, -0.2) is 23.3 Å². The largest absolute Gasteiger partial charge is 0.320 e. The Hall–Kier alpha value is -4.16. The number of rotatable bonds is 3. The molecule has 1 atom stereocenters. The number of nitrogens with zero attached hydrogens (tertiary/aromatic N) is 5. The Morgan fingerprint density at radius 1 is 0.821 bits per heavy atom. The quantitative estimate of drug-likeness (QED) is 0.236. The van der Waals surface area contributed by atoms with Gasteiger partial charge in [-0.05, 0) is 103 Å². The molecule has 8 rings (SSSR count). The minimum Gasteiger partial charge on any atom is -0.320 e. The maximum Gasteiger partial charge on any atom is 0.142 e. The molecule has 192 valence electrons. The van der Waals surface area contributed by atoms with Crippen LogP contribution in [0.25, 0.3) is 39.4 Å². The summed E-state index contributed by atoms with van der Waals surface area (Å²) in [5.41, 5.74) is 12.7. The number of hydrogen-bond acceptors (Lipinski definition) is 3. The van der Waals surface area contributed by atoms with Crippen molar-refractivity contribution in [3.05, 3.63) is 113 Å². The number of fused-ring (bicyclic) bond motifs is 6. The van der Waals surface area contributed by atoms with Gasteiger partial charge in [-0.2, -0.15) is 9.47 Å². The summed E-state index contributed by atoms with van der Waals surface area (Å²) in [7, 11) is 0. The molecule has 4 aromatic heterocycles. The molecule has 0 bridgehead atoms. The topological polar surface area (TPSA) is 40.6 Å². The van der Waals surface area contributed by atoms with Gasteiger partial charge in [-0.3, -0.25) is 0 Å². The second-order valence-corrected chi connectivity index (χ2v) is 11.5. The van der Waals surface area contributed by atoms with Crippen molar-refractivity contribution in [3.8, 4) is 39.4 Å². The van der Waals surface area contributed by atoms with Crippen LogP contribution >= 0.6 is 11.5 Å². The third-order valence-corrected chi connectivity index (χ3v) is 9.13. The fourth-order valence-corrected chi connectivity index (χ4v) is 7.24. The monoisotopic (exact) mass is 527 g/mol. The standard InChI is InChI=1S/C33H29N5S/c1-22-11-12-31-29(30-21-39-35-32(22)30)15-18-36(31)27-9-3-6-24(19-27)25-7-4-10-28(20-25)37-17-14-23-5-2-8-26-13-16-34-38(26)33(23)37/h3-4,6-7,9-10,13-22H,2,5,8,11-12H2,1H3. The summed E-state index contributed by atoms with van der Waals surface area (Å²) in [6.45, 7) is 2.30. The van der Waals surface area contributed by atoms with E-state index in [1.165, 1.54) is 56.4 Å². The number of benzene rings is 2. The van der Waals surface area contributed by atoms with Crippen LogP contribution < -0.4 is 0 Å². The molecule has 1 unspecified atom stereocenters. The first-order chi connectivity index (χ1) is 19.2. The molecule has 39 heavy (non-hydrogen) atoms. The van der Waals surface area contributed by atoms with E-state index in [9.17, 15) is 0 Å². The van der Waals surface area contributed by atoms with Gasteiger partial charge in [0.2, 0.25) is 0 Å². The van der Waals surface area contributed by atoms with Crippen LogP contribution in [-0.2, 0) is 19.3 Å². The van der Waals surface area contributed by atoms with Gasteiger partial charge in [-0.25, -0.2) is 4.68 Å². The average molecular weight is 528 g/mol. The van der Waals surface area contributed by atoms with E-state index in [4.69, 9.17) is 4.37 Å². The van der Waals surface area contributed by atoms with Crippen LogP contribution in [0.3, 0.4) is 0 Å². The Morgan fingerprint density at radius 2 is 1.62 bits per heavy atom. The summed E-state index contributed by atoms with van der Waals surface area (Å²) >= 11 is 1.58. The summed E-state index contributed by atoms with van der Waals surface area (Å²) in [5.74, 6) is 1.66. The predicted octanol–water partition coefficient (Wildman–Crippen LogP) is 7.78. The summed E-state index contributed by atoms with van der Waals surface area (Å²) in [6, 6.07) is 24.5. The fraction of sp³-hybridized carbons (Fsp3) is 0.212. The summed E-state index contributed by atoms with van der Waals surface area (Å²) < 4.78 is 11.5. The minimum atomic E-state index is 0.489. The zero-order valence-corrected chi connectivity index (χ0v) is 22.7. The SMILES string of the molecule is CC1CCc2c(ccn2-c2cccc(-c3cccc(-n4ccc5c4-n4nccc4CCC5)c3)c2)-c2csnc21. The Kier molecular flexibility index (Phi) is 5.23. The van der Waals surface area contributed by atoms with Crippen molar-refractivity contribution < 1.29 is 0 Å². The van der Waals surface area contributed by atoms with Crippen molar-refractivity contribution in [1.29, 1.82) is 0 Å². The van der Waals surface area contributed by atoms with Crippen LogP contribution in [0.5, 0.6) is 0 Å². The van der Waals surface area contributed by atoms with Crippen molar-refractivity contribution in [2.24, 2.45) is 0 Å². The van der Waals surface area contributed by atoms with Gasteiger partial charge in [-0.1, -0.05) is 31.2 Å². The van der Waals surface area contributed by atoms with Gasteiger partial charge < -0.3 is 9.13 Å². The lowest BCUT2D eigenvalue weighted by Gasteiger charge is -2.14. The number of aryl methyl sites for hydroxylation is 2. The summed E-state index contributed by atoms with van der Waals surface area (Å²) in [4.78, 5) is 0. The molecule has 5 nitrogen and oxygen atoms in total. The molecule has 0 N–H and O–H groups in total. The van der Waals surface area contributed by atoms with Gasteiger partial charge in [0.05, 0.1) is 5.69 Å². The fourth-order valence-electron chi connectivity index (χ4n) is 6.45. The Morgan fingerprint density at radius 3 is 2.46 bits per heavy atom.